The number of amides is 1. The van der Waals surface area contributed by atoms with Gasteiger partial charge in [-0.2, -0.15) is 0 Å². The van der Waals surface area contributed by atoms with Gasteiger partial charge in [-0.25, -0.2) is 0 Å². The van der Waals surface area contributed by atoms with Crippen molar-refractivity contribution < 1.29 is 18.7 Å². The van der Waals surface area contributed by atoms with E-state index in [-0.39, 0.29) is 35.2 Å². The molecular formula is C24H32N2O4. The van der Waals surface area contributed by atoms with Crippen LogP contribution >= 0.6 is 0 Å². The maximum atomic E-state index is 12.8. The first kappa shape index (κ1) is 19.9. The van der Waals surface area contributed by atoms with E-state index in [0.29, 0.717) is 24.8 Å². The molecule has 6 heteroatoms. The molecule has 1 amide bonds. The van der Waals surface area contributed by atoms with E-state index >= 15 is 0 Å². The minimum Gasteiger partial charge on any atom is -0.461 e. The molecule has 4 aliphatic rings. The fraction of sp³-hybridized carbons (Fsp3) is 0.667. The fourth-order valence-electron chi connectivity index (χ4n) is 6.23. The average Bonchev–Trinajstić information content (AvgIpc) is 3.35. The fourth-order valence-corrected chi connectivity index (χ4v) is 6.23. The number of ether oxygens (including phenoxy) is 1. The molecular weight excluding hydrogens is 380 g/mol. The van der Waals surface area contributed by atoms with Gasteiger partial charge in [0.1, 0.15) is 6.10 Å². The number of allylic oxidation sites excluding steroid dienone is 1. The average molecular weight is 413 g/mol. The zero-order valence-corrected chi connectivity index (χ0v) is 18.0. The Morgan fingerprint density at radius 3 is 2.80 bits per heavy atom. The van der Waals surface area contributed by atoms with Gasteiger partial charge in [0.25, 0.3) is 5.91 Å². The largest absolute Gasteiger partial charge is 0.461 e. The number of piperazine rings is 1. The summed E-state index contributed by atoms with van der Waals surface area (Å²) >= 11 is 0. The molecule has 6 nitrogen and oxygen atoms in total. The lowest BCUT2D eigenvalue weighted by molar-refractivity contribution is -0.145. The van der Waals surface area contributed by atoms with Crippen LogP contribution in [0, 0.1) is 23.2 Å². The van der Waals surface area contributed by atoms with E-state index < -0.39 is 0 Å². The summed E-state index contributed by atoms with van der Waals surface area (Å²) in [7, 11) is 0. The van der Waals surface area contributed by atoms with Gasteiger partial charge in [-0.05, 0) is 42.7 Å². The van der Waals surface area contributed by atoms with Crippen LogP contribution in [0.2, 0.25) is 0 Å². The highest BCUT2D eigenvalue weighted by Crippen LogP contribution is 2.54. The molecule has 30 heavy (non-hydrogen) atoms. The molecule has 5 rings (SSSR count). The summed E-state index contributed by atoms with van der Waals surface area (Å²) in [6, 6.07) is 3.45. The van der Waals surface area contributed by atoms with Crippen molar-refractivity contribution in [3.8, 4) is 0 Å². The van der Waals surface area contributed by atoms with Crippen molar-refractivity contribution in [2.45, 2.75) is 45.6 Å². The molecule has 162 valence electrons. The van der Waals surface area contributed by atoms with Crippen molar-refractivity contribution in [2.75, 3.05) is 32.7 Å². The molecule has 0 radical (unpaired) electrons. The van der Waals surface area contributed by atoms with Gasteiger partial charge in [-0.15, -0.1) is 0 Å². The van der Waals surface area contributed by atoms with Crippen LogP contribution in [0.4, 0.5) is 0 Å². The molecule has 2 aliphatic carbocycles. The van der Waals surface area contributed by atoms with Crippen LogP contribution in [-0.2, 0) is 9.53 Å². The van der Waals surface area contributed by atoms with Gasteiger partial charge in [-0.3, -0.25) is 14.5 Å². The summed E-state index contributed by atoms with van der Waals surface area (Å²) in [4.78, 5) is 29.4. The summed E-state index contributed by atoms with van der Waals surface area (Å²) in [6.45, 7) is 8.29. The topological polar surface area (TPSA) is 63.0 Å². The summed E-state index contributed by atoms with van der Waals surface area (Å²) in [5, 5.41) is 0. The number of fused-ring (bicyclic) bond motifs is 2. The Bertz CT molecular complexity index is 839. The third kappa shape index (κ3) is 3.39. The smallest absolute Gasteiger partial charge is 0.311 e. The van der Waals surface area contributed by atoms with Crippen LogP contribution in [0.1, 0.15) is 50.1 Å². The number of nitrogens with zero attached hydrogens (tertiary/aromatic N) is 2. The maximum absolute atomic E-state index is 12.8. The molecule has 0 aromatic carbocycles. The Morgan fingerprint density at radius 2 is 2.07 bits per heavy atom. The lowest BCUT2D eigenvalue weighted by Gasteiger charge is -2.46. The lowest BCUT2D eigenvalue weighted by Crippen LogP contribution is -2.50. The standard InChI is InChI=1S/C24H32N2O4/c1-16-5-3-7-24(2)14-21-17(13-19(16)24)18(23(28)30-21)15-25-8-10-26(11-9-25)22(27)20-6-4-12-29-20/h4,6,12-13,16-18,21H,3,5,7-11,14-15H2,1-2H3/t16-,17+,18+,21-,24+/m1/s1. The number of furan rings is 1. The second-order valence-electron chi connectivity index (χ2n) is 9.91. The minimum atomic E-state index is -0.0894. The number of rotatable bonds is 3. The molecule has 2 saturated heterocycles. The molecule has 1 aromatic heterocycles. The Labute approximate surface area is 178 Å². The van der Waals surface area contributed by atoms with E-state index in [9.17, 15) is 9.59 Å². The van der Waals surface area contributed by atoms with E-state index in [4.69, 9.17) is 9.15 Å². The van der Waals surface area contributed by atoms with Gasteiger partial charge in [0.15, 0.2) is 5.76 Å². The van der Waals surface area contributed by atoms with Gasteiger partial charge in [0, 0.05) is 38.6 Å². The molecule has 0 unspecified atom stereocenters. The first-order valence-corrected chi connectivity index (χ1v) is 11.4. The Morgan fingerprint density at radius 1 is 1.27 bits per heavy atom. The SMILES string of the molecule is C[C@@H]1CCC[C@@]2(C)C[C@H]3OC(=O)[C@@H](CN4CCN(C(=O)c5ccco5)CC4)[C@@H]3C=C12. The first-order valence-electron chi connectivity index (χ1n) is 11.4. The van der Waals surface area contributed by atoms with E-state index in [2.05, 4.69) is 24.8 Å². The Kier molecular flexibility index (Phi) is 5.00. The highest BCUT2D eigenvalue weighted by molar-refractivity contribution is 5.91. The number of esters is 1. The third-order valence-electron chi connectivity index (χ3n) is 7.93. The van der Waals surface area contributed by atoms with Crippen molar-refractivity contribution in [3.63, 3.8) is 0 Å². The van der Waals surface area contributed by atoms with Crippen LogP contribution in [-0.4, -0.2) is 60.5 Å². The van der Waals surface area contributed by atoms with Crippen LogP contribution in [0.15, 0.2) is 34.5 Å². The highest BCUT2D eigenvalue weighted by Gasteiger charge is 2.52. The summed E-state index contributed by atoms with van der Waals surface area (Å²) in [6.07, 6.45) is 8.69. The lowest BCUT2D eigenvalue weighted by atomic mass is 9.59. The van der Waals surface area contributed by atoms with Gasteiger partial charge in [0.05, 0.1) is 12.2 Å². The second-order valence-corrected chi connectivity index (χ2v) is 9.91. The second kappa shape index (κ2) is 7.56. The summed E-state index contributed by atoms with van der Waals surface area (Å²) in [5.74, 6) is 1.02. The van der Waals surface area contributed by atoms with Crippen molar-refractivity contribution in [2.24, 2.45) is 23.2 Å². The molecule has 0 N–H and O–H groups in total. The molecule has 3 heterocycles. The van der Waals surface area contributed by atoms with Gasteiger partial charge >= 0.3 is 5.97 Å². The zero-order valence-electron chi connectivity index (χ0n) is 18.0. The van der Waals surface area contributed by atoms with Crippen molar-refractivity contribution in [1.82, 2.24) is 9.80 Å². The molecule has 3 fully saturated rings. The quantitative estimate of drug-likeness (QED) is 0.563. The normalized spacial score (nSPS) is 36.7. The van der Waals surface area contributed by atoms with Crippen molar-refractivity contribution in [1.29, 1.82) is 0 Å². The Hall–Kier alpha value is -2.08. The van der Waals surface area contributed by atoms with Crippen molar-refractivity contribution >= 4 is 11.9 Å². The molecule has 0 bridgehead atoms. The van der Waals surface area contributed by atoms with E-state index in [1.54, 1.807) is 17.7 Å². The van der Waals surface area contributed by atoms with Crippen LogP contribution in [0.3, 0.4) is 0 Å². The molecule has 2 aliphatic heterocycles. The summed E-state index contributed by atoms with van der Waals surface area (Å²) in [5.41, 5.74) is 1.76. The molecule has 1 saturated carbocycles. The third-order valence-corrected chi connectivity index (χ3v) is 7.93. The van der Waals surface area contributed by atoms with Crippen LogP contribution < -0.4 is 0 Å². The monoisotopic (exact) mass is 412 g/mol. The molecule has 1 aromatic rings. The van der Waals surface area contributed by atoms with Crippen LogP contribution in [0.5, 0.6) is 0 Å². The predicted octanol–water partition coefficient (Wildman–Crippen LogP) is 3.35. The first-order chi connectivity index (χ1) is 14.4. The number of carbonyl (C=O) groups is 2. The Balaban J connectivity index is 1.25. The van der Waals surface area contributed by atoms with Gasteiger partial charge < -0.3 is 14.1 Å². The highest BCUT2D eigenvalue weighted by atomic mass is 16.6. The number of hydrogen-bond donors (Lipinski definition) is 0. The van der Waals surface area contributed by atoms with E-state index in [1.165, 1.54) is 25.5 Å². The molecule has 0 spiro atoms. The van der Waals surface area contributed by atoms with Crippen LogP contribution in [0.25, 0.3) is 0 Å². The molecule has 5 atom stereocenters. The number of carbonyl (C=O) groups excluding carboxylic acids is 2. The van der Waals surface area contributed by atoms with E-state index in [0.717, 1.165) is 26.1 Å². The summed E-state index contributed by atoms with van der Waals surface area (Å²) < 4.78 is 11.1. The maximum Gasteiger partial charge on any atom is 0.311 e. The minimum absolute atomic E-state index is 0.0309. The van der Waals surface area contributed by atoms with Gasteiger partial charge in [0.2, 0.25) is 0 Å². The van der Waals surface area contributed by atoms with E-state index in [1.807, 2.05) is 4.90 Å². The number of hydrogen-bond acceptors (Lipinski definition) is 5. The zero-order chi connectivity index (χ0) is 20.9. The van der Waals surface area contributed by atoms with Crippen molar-refractivity contribution in [3.05, 3.63) is 35.8 Å². The predicted molar refractivity (Wildman–Crippen MR) is 112 cm³/mol. The van der Waals surface area contributed by atoms with Gasteiger partial charge in [-0.1, -0.05) is 31.9 Å².